The van der Waals surface area contributed by atoms with E-state index >= 15 is 0 Å². The fraction of sp³-hybridized carbons (Fsp3) is 0.391. The Morgan fingerprint density at radius 3 is 2.54 bits per heavy atom. The lowest BCUT2D eigenvalue weighted by Gasteiger charge is -2.19. The molecule has 0 spiro atoms. The minimum Gasteiger partial charge on any atom is -0.479 e. The molecule has 0 aliphatic heterocycles. The summed E-state index contributed by atoms with van der Waals surface area (Å²) in [6.07, 6.45) is 1.89. The fourth-order valence-corrected chi connectivity index (χ4v) is 3.51. The van der Waals surface area contributed by atoms with Crippen LogP contribution in [-0.2, 0) is 11.2 Å². The highest BCUT2D eigenvalue weighted by Gasteiger charge is 2.18. The van der Waals surface area contributed by atoms with Crippen molar-refractivity contribution < 1.29 is 14.6 Å². The standard InChI is InChI=1S/C23H28N2O3/c1-12(2)19-11-24-20-8-7-17(25-22(19)20)10-18-13(3)9-21(15(5)14(18)4)28-16(6)23(26)27/h7-9,11-12,16,24H,10H2,1-6H3,(H,26,27). The highest BCUT2D eigenvalue weighted by molar-refractivity contribution is 5.79. The van der Waals surface area contributed by atoms with E-state index in [1.807, 2.05) is 26.1 Å². The van der Waals surface area contributed by atoms with Gasteiger partial charge in [0.05, 0.1) is 11.0 Å². The highest BCUT2D eigenvalue weighted by atomic mass is 16.5. The van der Waals surface area contributed by atoms with E-state index in [4.69, 9.17) is 14.8 Å². The summed E-state index contributed by atoms with van der Waals surface area (Å²) in [4.78, 5) is 19.3. The molecule has 2 N–H and O–H groups in total. The van der Waals surface area contributed by atoms with E-state index in [9.17, 15) is 4.79 Å². The number of aryl methyl sites for hydroxylation is 1. The van der Waals surface area contributed by atoms with Crippen LogP contribution in [0, 0.1) is 20.8 Å². The van der Waals surface area contributed by atoms with Crippen LogP contribution in [0.15, 0.2) is 24.4 Å². The molecule has 0 aliphatic rings. The number of aromatic amines is 1. The van der Waals surface area contributed by atoms with Crippen molar-refractivity contribution in [2.45, 2.75) is 60.0 Å². The van der Waals surface area contributed by atoms with Gasteiger partial charge in [0.25, 0.3) is 0 Å². The van der Waals surface area contributed by atoms with Crippen LogP contribution in [0.2, 0.25) is 0 Å². The molecule has 28 heavy (non-hydrogen) atoms. The van der Waals surface area contributed by atoms with Crippen molar-refractivity contribution in [2.24, 2.45) is 0 Å². The maximum Gasteiger partial charge on any atom is 0.344 e. The summed E-state index contributed by atoms with van der Waals surface area (Å²) in [5, 5.41) is 9.12. The van der Waals surface area contributed by atoms with Gasteiger partial charge in [-0.25, -0.2) is 4.79 Å². The van der Waals surface area contributed by atoms with Crippen molar-refractivity contribution in [3.63, 3.8) is 0 Å². The number of nitrogens with one attached hydrogen (secondary N) is 1. The third-order valence-corrected chi connectivity index (χ3v) is 5.45. The molecule has 0 amide bonds. The number of H-pyrrole nitrogens is 1. The number of pyridine rings is 1. The predicted molar refractivity (Wildman–Crippen MR) is 111 cm³/mol. The molecule has 0 fully saturated rings. The number of aromatic nitrogens is 2. The quantitative estimate of drug-likeness (QED) is 0.627. The van der Waals surface area contributed by atoms with Gasteiger partial charge in [0, 0.05) is 18.3 Å². The number of nitrogens with zero attached hydrogens (tertiary/aromatic N) is 1. The van der Waals surface area contributed by atoms with Crippen LogP contribution in [0.4, 0.5) is 0 Å². The second-order valence-corrected chi connectivity index (χ2v) is 7.79. The number of ether oxygens (including phenoxy) is 1. The van der Waals surface area contributed by atoms with Gasteiger partial charge < -0.3 is 14.8 Å². The molecule has 3 aromatic rings. The molecule has 5 nitrogen and oxygen atoms in total. The lowest BCUT2D eigenvalue weighted by atomic mass is 9.93. The molecule has 5 heteroatoms. The van der Waals surface area contributed by atoms with Crippen molar-refractivity contribution in [3.8, 4) is 5.75 Å². The summed E-state index contributed by atoms with van der Waals surface area (Å²) in [5.74, 6) is 0.0726. The first-order valence-corrected chi connectivity index (χ1v) is 9.65. The number of aliphatic carboxylic acids is 1. The number of hydrogen-bond donors (Lipinski definition) is 2. The van der Waals surface area contributed by atoms with Crippen molar-refractivity contribution in [2.75, 3.05) is 0 Å². The molecule has 2 heterocycles. The molecular weight excluding hydrogens is 352 g/mol. The van der Waals surface area contributed by atoms with E-state index in [0.717, 1.165) is 39.8 Å². The summed E-state index contributed by atoms with van der Waals surface area (Å²) < 4.78 is 5.64. The number of carboxylic acids is 1. The van der Waals surface area contributed by atoms with Crippen LogP contribution in [-0.4, -0.2) is 27.1 Å². The smallest absolute Gasteiger partial charge is 0.344 e. The molecule has 3 rings (SSSR count). The molecule has 2 aromatic heterocycles. The van der Waals surface area contributed by atoms with E-state index < -0.39 is 12.1 Å². The minimum absolute atomic E-state index is 0.412. The molecule has 0 saturated heterocycles. The molecule has 0 bridgehead atoms. The largest absolute Gasteiger partial charge is 0.479 e. The first kappa shape index (κ1) is 19.9. The van der Waals surface area contributed by atoms with Crippen LogP contribution in [0.25, 0.3) is 11.0 Å². The zero-order valence-electron chi connectivity index (χ0n) is 17.4. The number of carbonyl (C=O) groups is 1. The van der Waals surface area contributed by atoms with E-state index in [-0.39, 0.29) is 0 Å². The maximum absolute atomic E-state index is 11.1. The average molecular weight is 380 g/mol. The van der Waals surface area contributed by atoms with Crippen molar-refractivity contribution in [3.05, 3.63) is 57.9 Å². The molecule has 1 unspecified atom stereocenters. The number of fused-ring (bicyclic) bond motifs is 1. The second kappa shape index (κ2) is 7.66. The first-order valence-electron chi connectivity index (χ1n) is 9.65. The monoisotopic (exact) mass is 380 g/mol. The highest BCUT2D eigenvalue weighted by Crippen LogP contribution is 2.31. The predicted octanol–water partition coefficient (Wildman–Crippen LogP) is 5.05. The molecule has 0 saturated carbocycles. The zero-order valence-corrected chi connectivity index (χ0v) is 17.4. The van der Waals surface area contributed by atoms with Gasteiger partial charge >= 0.3 is 5.97 Å². The van der Waals surface area contributed by atoms with Gasteiger partial charge in [0.1, 0.15) is 5.75 Å². The zero-order chi connectivity index (χ0) is 20.6. The van der Waals surface area contributed by atoms with E-state index in [2.05, 4.69) is 37.9 Å². The lowest BCUT2D eigenvalue weighted by Crippen LogP contribution is -2.23. The van der Waals surface area contributed by atoms with Crippen molar-refractivity contribution in [1.29, 1.82) is 0 Å². The lowest BCUT2D eigenvalue weighted by molar-refractivity contribution is -0.144. The average Bonchev–Trinajstić information content (AvgIpc) is 3.06. The van der Waals surface area contributed by atoms with Gasteiger partial charge in [-0.2, -0.15) is 0 Å². The summed E-state index contributed by atoms with van der Waals surface area (Å²) in [6.45, 7) is 12.0. The summed E-state index contributed by atoms with van der Waals surface area (Å²) in [6, 6.07) is 6.09. The Morgan fingerprint density at radius 1 is 1.18 bits per heavy atom. The SMILES string of the molecule is Cc1cc(OC(C)C(=O)O)c(C)c(C)c1Cc1ccc2[nH]cc(C(C)C)c2n1. The van der Waals surface area contributed by atoms with Crippen LogP contribution in [0.1, 0.15) is 60.2 Å². The first-order chi connectivity index (χ1) is 13.2. The Bertz CT molecular complexity index is 1030. The summed E-state index contributed by atoms with van der Waals surface area (Å²) in [5.41, 5.74) is 8.72. The fourth-order valence-electron chi connectivity index (χ4n) is 3.51. The maximum atomic E-state index is 11.1. The van der Waals surface area contributed by atoms with Crippen molar-refractivity contribution in [1.82, 2.24) is 9.97 Å². The molecule has 1 atom stereocenters. The Kier molecular flexibility index (Phi) is 5.45. The summed E-state index contributed by atoms with van der Waals surface area (Å²) in [7, 11) is 0. The third-order valence-electron chi connectivity index (χ3n) is 5.45. The molecule has 1 aromatic carbocycles. The molecular formula is C23H28N2O3. The Morgan fingerprint density at radius 2 is 1.89 bits per heavy atom. The van der Waals surface area contributed by atoms with Gasteiger partial charge in [-0.3, -0.25) is 4.98 Å². The Hall–Kier alpha value is -2.82. The third kappa shape index (κ3) is 3.75. The van der Waals surface area contributed by atoms with Gasteiger partial charge in [0.2, 0.25) is 0 Å². The number of carboxylic acid groups (broad SMARTS) is 1. The van der Waals surface area contributed by atoms with Gasteiger partial charge in [0.15, 0.2) is 6.10 Å². The van der Waals surface area contributed by atoms with Gasteiger partial charge in [-0.15, -0.1) is 0 Å². The van der Waals surface area contributed by atoms with E-state index in [0.29, 0.717) is 11.7 Å². The molecule has 0 radical (unpaired) electrons. The normalized spacial score (nSPS) is 12.5. The Balaban J connectivity index is 1.96. The minimum atomic E-state index is -0.969. The van der Waals surface area contributed by atoms with E-state index in [1.54, 1.807) is 6.92 Å². The molecule has 148 valence electrons. The van der Waals surface area contributed by atoms with Crippen molar-refractivity contribution >= 4 is 17.0 Å². The van der Waals surface area contributed by atoms with Crippen LogP contribution < -0.4 is 4.74 Å². The Labute approximate surface area is 165 Å². The van der Waals surface area contributed by atoms with Crippen LogP contribution in [0.5, 0.6) is 5.75 Å². The van der Waals surface area contributed by atoms with Crippen LogP contribution >= 0.6 is 0 Å². The van der Waals surface area contributed by atoms with E-state index in [1.165, 1.54) is 11.1 Å². The van der Waals surface area contributed by atoms with Crippen LogP contribution in [0.3, 0.4) is 0 Å². The van der Waals surface area contributed by atoms with Gasteiger partial charge in [-0.05, 0) is 79.6 Å². The topological polar surface area (TPSA) is 75.2 Å². The summed E-state index contributed by atoms with van der Waals surface area (Å²) >= 11 is 0. The number of rotatable bonds is 6. The second-order valence-electron chi connectivity index (χ2n) is 7.79. The number of benzene rings is 1. The molecule has 0 aliphatic carbocycles. The van der Waals surface area contributed by atoms with Gasteiger partial charge in [-0.1, -0.05) is 13.8 Å². The number of hydrogen-bond acceptors (Lipinski definition) is 3.